The summed E-state index contributed by atoms with van der Waals surface area (Å²) in [6.07, 6.45) is -32.7. The maximum Gasteiger partial charge on any atom is 0.333 e. The zero-order chi connectivity index (χ0) is 56.2. The number of hydrogen-bond donors (Lipinski definition) is 9. The third-order valence-corrected chi connectivity index (χ3v) is 13.0. The Morgan fingerprint density at radius 2 is 0.613 bits per heavy atom. The Kier molecular flexibility index (Phi) is 24.1. The van der Waals surface area contributed by atoms with Crippen LogP contribution in [0.4, 0.5) is 0 Å². The van der Waals surface area contributed by atoms with E-state index in [0.717, 1.165) is 0 Å². The van der Waals surface area contributed by atoms with Crippen molar-refractivity contribution in [1.82, 2.24) is 0 Å². The van der Waals surface area contributed by atoms with Crippen LogP contribution in [-0.2, 0) is 80.8 Å². The van der Waals surface area contributed by atoms with E-state index in [4.69, 9.17) is 56.8 Å². The maximum absolute atomic E-state index is 13.0. The SMILES string of the molecule is C/C=C(\C)C(=O)OC[C@@H]1O[C@H](O[C@@H]2[C@H](O[C@@H]3O[C@@H](COC(=O)/C(C)=C/C)[C@H](O)[C@@H](O)[C@@H]3O[C@H]3O[C@@H](COC(=O)/C(C)=C/C)[C@H](O)[C@@H](OC(=O)/C(C)=C/C)[C@@H]3O)O[C@@H](COC(=O)/C(C)=C/C)[C@H](O)[C@H]2O)[C@@H](O)[C@H](O)[C@H]1O. The molecule has 9 N–H and O–H groups in total. The van der Waals surface area contributed by atoms with Crippen LogP contribution >= 0.6 is 0 Å². The molecule has 4 aliphatic rings. The van der Waals surface area contributed by atoms with E-state index in [1.807, 2.05) is 0 Å². The van der Waals surface area contributed by atoms with E-state index < -0.39 is 179 Å². The fourth-order valence-electron chi connectivity index (χ4n) is 7.39. The van der Waals surface area contributed by atoms with Crippen LogP contribution in [-0.4, -0.2) is 225 Å². The Hall–Kier alpha value is -4.59. The molecule has 4 aliphatic heterocycles. The zero-order valence-corrected chi connectivity index (χ0v) is 43.2. The Balaban J connectivity index is 1.80. The van der Waals surface area contributed by atoms with Gasteiger partial charge >= 0.3 is 29.8 Å². The van der Waals surface area contributed by atoms with Crippen molar-refractivity contribution < 1.29 is 127 Å². The number of hydrogen-bond acceptors (Lipinski definition) is 26. The molecule has 0 bridgehead atoms. The van der Waals surface area contributed by atoms with Gasteiger partial charge in [-0.1, -0.05) is 30.4 Å². The van der Waals surface area contributed by atoms with Gasteiger partial charge in [-0.3, -0.25) is 0 Å². The predicted octanol–water partition coefficient (Wildman–Crippen LogP) is -2.16. The zero-order valence-electron chi connectivity index (χ0n) is 43.2. The molecule has 26 heteroatoms. The van der Waals surface area contributed by atoms with Gasteiger partial charge in [0.1, 0.15) is 118 Å². The van der Waals surface area contributed by atoms with Crippen molar-refractivity contribution in [1.29, 1.82) is 0 Å². The lowest BCUT2D eigenvalue weighted by molar-refractivity contribution is -0.414. The molecule has 20 atom stereocenters. The number of esters is 5. The second-order valence-corrected chi connectivity index (χ2v) is 18.0. The first-order valence-electron chi connectivity index (χ1n) is 24.1. The van der Waals surface area contributed by atoms with Crippen molar-refractivity contribution in [3.8, 4) is 0 Å². The van der Waals surface area contributed by atoms with Gasteiger partial charge in [0.2, 0.25) is 0 Å². The average molecular weight is 1080 g/mol. The molecule has 0 unspecified atom stereocenters. The second kappa shape index (κ2) is 28.7. The summed E-state index contributed by atoms with van der Waals surface area (Å²) in [7, 11) is 0. The van der Waals surface area contributed by atoms with E-state index in [-0.39, 0.29) is 27.9 Å². The molecule has 0 spiro atoms. The Bertz CT molecular complexity index is 2120. The van der Waals surface area contributed by atoms with Crippen LogP contribution in [0.3, 0.4) is 0 Å². The van der Waals surface area contributed by atoms with E-state index >= 15 is 0 Å². The van der Waals surface area contributed by atoms with E-state index in [2.05, 4.69) is 0 Å². The number of rotatable bonds is 20. The minimum absolute atomic E-state index is 0.0472. The van der Waals surface area contributed by atoms with Crippen LogP contribution in [0.1, 0.15) is 69.2 Å². The molecule has 4 saturated heterocycles. The van der Waals surface area contributed by atoms with Crippen LogP contribution in [0.2, 0.25) is 0 Å². The molecule has 0 aromatic heterocycles. The first-order chi connectivity index (χ1) is 35.3. The van der Waals surface area contributed by atoms with Crippen molar-refractivity contribution in [3.05, 3.63) is 58.2 Å². The van der Waals surface area contributed by atoms with Crippen LogP contribution in [0.25, 0.3) is 0 Å². The minimum atomic E-state index is -2.20. The van der Waals surface area contributed by atoms with Crippen LogP contribution in [0.15, 0.2) is 58.2 Å². The molecule has 4 fully saturated rings. The summed E-state index contributed by atoms with van der Waals surface area (Å²) < 4.78 is 68.6. The van der Waals surface area contributed by atoms with Crippen LogP contribution < -0.4 is 0 Å². The van der Waals surface area contributed by atoms with E-state index in [1.165, 1.54) is 71.9 Å². The summed E-state index contributed by atoms with van der Waals surface area (Å²) in [4.78, 5) is 63.7. The Morgan fingerprint density at radius 1 is 0.333 bits per heavy atom. The average Bonchev–Trinajstić information content (AvgIpc) is 3.40. The molecule has 0 radical (unpaired) electrons. The topological polar surface area (TPSA) is 378 Å². The molecule has 26 nitrogen and oxygen atoms in total. The molecule has 0 aromatic rings. The molecule has 0 aromatic carbocycles. The summed E-state index contributed by atoms with van der Waals surface area (Å²) in [5, 5.41) is 103. The second-order valence-electron chi connectivity index (χ2n) is 18.0. The molecule has 424 valence electrons. The minimum Gasteiger partial charge on any atom is -0.459 e. The fraction of sp³-hybridized carbons (Fsp3) is 0.694. The van der Waals surface area contributed by atoms with Gasteiger partial charge in [0.25, 0.3) is 0 Å². The summed E-state index contributed by atoms with van der Waals surface area (Å²) in [6.45, 7) is 11.9. The van der Waals surface area contributed by atoms with Gasteiger partial charge < -0.3 is 103 Å². The van der Waals surface area contributed by atoms with Gasteiger partial charge in [-0.05, 0) is 69.2 Å². The number of ether oxygens (including phenoxy) is 12. The third kappa shape index (κ3) is 15.8. The normalized spacial score (nSPS) is 37.3. The first-order valence-corrected chi connectivity index (χ1v) is 24.1. The standard InChI is InChI=1S/C49H72O26/c1-11-20(6)41(59)64-16-25-29(50)33(54)36(57)46(68-25)73-39-34(55)30(51)26(17-65-42(60)21(7)12-2)70-48(39)75-49-40(35(56)31(52)27(71-49)18-66-43(61)22(8)13-3)74-47-37(58)38(72-45(63)24(10)15-5)32(53)28(69-47)19-67-44(62)23(9)14-4/h11-15,25-40,46-58H,16-19H2,1-10H3/b20-11+,21-12+,22-13+,23-14+,24-15+/t25-,26-,27-,28-,29-,30-,31-,32-,33+,34+,35+,36-,37-,38+,39-,40-,46+,47+,48-,49-/m0/s1. The largest absolute Gasteiger partial charge is 0.459 e. The van der Waals surface area contributed by atoms with Crippen molar-refractivity contribution >= 4 is 29.8 Å². The quantitative estimate of drug-likeness (QED) is 0.0356. The van der Waals surface area contributed by atoms with Crippen molar-refractivity contribution in [2.45, 2.75) is 192 Å². The number of carbonyl (C=O) groups excluding carboxylic acids is 5. The lowest BCUT2D eigenvalue weighted by Gasteiger charge is -2.49. The molecular formula is C49H72O26. The molecule has 4 heterocycles. The lowest BCUT2D eigenvalue weighted by atomic mass is 9.96. The molecule has 0 saturated carbocycles. The fourth-order valence-corrected chi connectivity index (χ4v) is 7.39. The molecule has 4 rings (SSSR count). The van der Waals surface area contributed by atoms with Gasteiger partial charge in [-0.15, -0.1) is 0 Å². The number of allylic oxidation sites excluding steroid dienone is 5. The Morgan fingerprint density at radius 3 is 0.947 bits per heavy atom. The highest BCUT2D eigenvalue weighted by Crippen LogP contribution is 2.36. The summed E-state index contributed by atoms with van der Waals surface area (Å²) in [5.41, 5.74) is 0.663. The predicted molar refractivity (Wildman–Crippen MR) is 250 cm³/mol. The summed E-state index contributed by atoms with van der Waals surface area (Å²) >= 11 is 0. The molecule has 75 heavy (non-hydrogen) atoms. The van der Waals surface area contributed by atoms with E-state index in [9.17, 15) is 69.9 Å². The van der Waals surface area contributed by atoms with Crippen molar-refractivity contribution in [3.63, 3.8) is 0 Å². The highest BCUT2D eigenvalue weighted by molar-refractivity contribution is 5.89. The van der Waals surface area contributed by atoms with E-state index in [1.54, 1.807) is 27.7 Å². The summed E-state index contributed by atoms with van der Waals surface area (Å²) in [5.74, 6) is -4.39. The van der Waals surface area contributed by atoms with Crippen LogP contribution in [0, 0.1) is 0 Å². The number of aliphatic hydroxyl groups is 9. The number of aliphatic hydroxyl groups excluding tert-OH is 9. The highest BCUT2D eigenvalue weighted by atomic mass is 16.8. The van der Waals surface area contributed by atoms with E-state index in [0.29, 0.717) is 0 Å². The van der Waals surface area contributed by atoms with Gasteiger partial charge in [0.15, 0.2) is 31.3 Å². The maximum atomic E-state index is 13.0. The molecular weight excluding hydrogens is 1000 g/mol. The first kappa shape index (κ1) is 62.9. The third-order valence-electron chi connectivity index (χ3n) is 13.0. The lowest BCUT2D eigenvalue weighted by Crippen LogP contribution is -2.68. The van der Waals surface area contributed by atoms with Gasteiger partial charge in [-0.25, -0.2) is 24.0 Å². The molecule has 0 aliphatic carbocycles. The summed E-state index contributed by atoms with van der Waals surface area (Å²) in [6, 6.07) is 0. The Labute approximate surface area is 432 Å². The van der Waals surface area contributed by atoms with Gasteiger partial charge in [0.05, 0.1) is 0 Å². The highest BCUT2D eigenvalue weighted by Gasteiger charge is 2.57. The monoisotopic (exact) mass is 1080 g/mol. The van der Waals surface area contributed by atoms with Gasteiger partial charge in [-0.2, -0.15) is 0 Å². The van der Waals surface area contributed by atoms with Crippen molar-refractivity contribution in [2.75, 3.05) is 26.4 Å². The number of carbonyl (C=O) groups is 5. The van der Waals surface area contributed by atoms with Crippen molar-refractivity contribution in [2.24, 2.45) is 0 Å². The molecule has 0 amide bonds. The van der Waals surface area contributed by atoms with Gasteiger partial charge in [0, 0.05) is 27.9 Å². The smallest absolute Gasteiger partial charge is 0.333 e. The van der Waals surface area contributed by atoms with Crippen LogP contribution in [0.5, 0.6) is 0 Å².